The predicted molar refractivity (Wildman–Crippen MR) is 81.7 cm³/mol. The summed E-state index contributed by atoms with van der Waals surface area (Å²) < 4.78 is 0. The van der Waals surface area contributed by atoms with Gasteiger partial charge in [0.25, 0.3) is 0 Å². The molecule has 1 unspecified atom stereocenters. The number of aryl methyl sites for hydroxylation is 1. The number of thiazole rings is 1. The highest BCUT2D eigenvalue weighted by atomic mass is 32.1. The van der Waals surface area contributed by atoms with Crippen LogP contribution in [0.4, 0.5) is 17.5 Å². The highest BCUT2D eigenvalue weighted by Gasteiger charge is 2.24. The van der Waals surface area contributed by atoms with Crippen LogP contribution in [-0.4, -0.2) is 26.4 Å². The van der Waals surface area contributed by atoms with E-state index >= 15 is 0 Å². The summed E-state index contributed by atoms with van der Waals surface area (Å²) in [4.78, 5) is 23.3. The Morgan fingerprint density at radius 1 is 1.48 bits per heavy atom. The Kier molecular flexibility index (Phi) is 4.63. The molecule has 2 heterocycles. The lowest BCUT2D eigenvalue weighted by molar-refractivity contribution is -0.385. The summed E-state index contributed by atoms with van der Waals surface area (Å²) in [6, 6.07) is -0.174. The van der Waals surface area contributed by atoms with Crippen molar-refractivity contribution in [3.05, 3.63) is 32.4 Å². The summed E-state index contributed by atoms with van der Waals surface area (Å²) in [5.74, 6) is 0.570. The highest BCUT2D eigenvalue weighted by molar-refractivity contribution is 7.09. The van der Waals surface area contributed by atoms with Gasteiger partial charge in [-0.3, -0.25) is 10.1 Å². The molecule has 9 heteroatoms. The first-order valence-corrected chi connectivity index (χ1v) is 7.33. The molecule has 112 valence electrons. The molecule has 1 atom stereocenters. The zero-order valence-corrected chi connectivity index (χ0v) is 12.8. The lowest BCUT2D eigenvalue weighted by atomic mass is 10.3. The third kappa shape index (κ3) is 3.43. The van der Waals surface area contributed by atoms with Crippen molar-refractivity contribution in [3.63, 3.8) is 0 Å². The van der Waals surface area contributed by atoms with Crippen molar-refractivity contribution < 1.29 is 4.92 Å². The Morgan fingerprint density at radius 2 is 2.24 bits per heavy atom. The number of nitrogens with one attached hydrogen (secondary N) is 2. The van der Waals surface area contributed by atoms with E-state index in [9.17, 15) is 10.1 Å². The van der Waals surface area contributed by atoms with Crippen molar-refractivity contribution in [2.45, 2.75) is 26.8 Å². The van der Waals surface area contributed by atoms with Crippen LogP contribution in [0.2, 0.25) is 0 Å². The van der Waals surface area contributed by atoms with Crippen molar-refractivity contribution in [3.8, 4) is 0 Å². The first kappa shape index (κ1) is 15.1. The van der Waals surface area contributed by atoms with E-state index in [4.69, 9.17) is 0 Å². The van der Waals surface area contributed by atoms with E-state index in [0.717, 1.165) is 5.01 Å². The van der Waals surface area contributed by atoms with Crippen LogP contribution < -0.4 is 10.6 Å². The van der Waals surface area contributed by atoms with Gasteiger partial charge in [-0.15, -0.1) is 11.3 Å². The molecular weight excluding hydrogens is 292 g/mol. The Bertz CT molecular complexity index is 631. The summed E-state index contributed by atoms with van der Waals surface area (Å²) >= 11 is 1.48. The van der Waals surface area contributed by atoms with Crippen molar-refractivity contribution in [1.29, 1.82) is 0 Å². The summed E-state index contributed by atoms with van der Waals surface area (Å²) in [5, 5.41) is 19.9. The van der Waals surface area contributed by atoms with E-state index in [1.165, 1.54) is 11.3 Å². The van der Waals surface area contributed by atoms with Gasteiger partial charge in [0.05, 0.1) is 11.0 Å². The van der Waals surface area contributed by atoms with Crippen LogP contribution in [0.5, 0.6) is 0 Å². The van der Waals surface area contributed by atoms with Gasteiger partial charge in [-0.05, 0) is 20.8 Å². The quantitative estimate of drug-likeness (QED) is 0.624. The van der Waals surface area contributed by atoms with E-state index in [2.05, 4.69) is 25.6 Å². The number of hydrogen-bond acceptors (Lipinski definition) is 8. The van der Waals surface area contributed by atoms with Crippen LogP contribution in [0, 0.1) is 17.0 Å². The van der Waals surface area contributed by atoms with Gasteiger partial charge in [0.15, 0.2) is 0 Å². The molecule has 0 amide bonds. The molecule has 0 saturated carbocycles. The number of rotatable bonds is 6. The molecule has 0 saturated heterocycles. The molecule has 0 aromatic carbocycles. The molecule has 0 radical (unpaired) electrons. The molecule has 2 aromatic rings. The van der Waals surface area contributed by atoms with Crippen molar-refractivity contribution in [2.75, 3.05) is 17.2 Å². The molecule has 2 rings (SSSR count). The Hall–Kier alpha value is -2.29. The largest absolute Gasteiger partial charge is 0.355 e. The average Bonchev–Trinajstić information content (AvgIpc) is 2.91. The lowest BCUT2D eigenvalue weighted by Gasteiger charge is -2.14. The molecule has 0 fully saturated rings. The molecule has 8 nitrogen and oxygen atoms in total. The topological polar surface area (TPSA) is 106 Å². The van der Waals surface area contributed by atoms with Crippen LogP contribution in [-0.2, 0) is 0 Å². The maximum Gasteiger partial charge on any atom is 0.332 e. The molecule has 0 aliphatic carbocycles. The Morgan fingerprint density at radius 3 is 2.81 bits per heavy atom. The third-order valence-electron chi connectivity index (χ3n) is 2.75. The molecule has 0 aliphatic heterocycles. The van der Waals surface area contributed by atoms with Gasteiger partial charge < -0.3 is 10.6 Å². The fraction of sp³-hybridized carbons (Fsp3) is 0.417. The number of anilines is 2. The molecule has 2 N–H and O–H groups in total. The normalized spacial score (nSPS) is 12.0. The first-order valence-electron chi connectivity index (χ1n) is 6.45. The average molecular weight is 308 g/mol. The molecule has 0 spiro atoms. The third-order valence-corrected chi connectivity index (χ3v) is 3.71. The van der Waals surface area contributed by atoms with Gasteiger partial charge >= 0.3 is 5.69 Å². The molecule has 0 bridgehead atoms. The number of nitrogens with zero attached hydrogens (tertiary/aromatic N) is 4. The fourth-order valence-corrected chi connectivity index (χ4v) is 2.48. The maximum absolute atomic E-state index is 11.2. The summed E-state index contributed by atoms with van der Waals surface area (Å²) in [5.41, 5.74) is 0.208. The lowest BCUT2D eigenvalue weighted by Crippen LogP contribution is -2.13. The van der Waals surface area contributed by atoms with E-state index in [0.29, 0.717) is 18.2 Å². The first-order chi connectivity index (χ1) is 10.0. The number of nitro groups is 1. The predicted octanol–water partition coefficient (Wildman–Crippen LogP) is 2.75. The second kappa shape index (κ2) is 6.44. The monoisotopic (exact) mass is 308 g/mol. The minimum atomic E-state index is -0.470. The summed E-state index contributed by atoms with van der Waals surface area (Å²) in [7, 11) is 0. The van der Waals surface area contributed by atoms with Crippen LogP contribution in [0.3, 0.4) is 0 Å². The van der Waals surface area contributed by atoms with Crippen molar-refractivity contribution >= 4 is 28.8 Å². The van der Waals surface area contributed by atoms with Gasteiger partial charge in [0.2, 0.25) is 11.8 Å². The fourth-order valence-electron chi connectivity index (χ4n) is 1.84. The number of aromatic nitrogens is 3. The zero-order chi connectivity index (χ0) is 15.4. The van der Waals surface area contributed by atoms with Gasteiger partial charge in [-0.25, -0.2) is 9.97 Å². The minimum absolute atomic E-state index is 0.111. The van der Waals surface area contributed by atoms with Gasteiger partial charge in [0, 0.05) is 18.1 Å². The van der Waals surface area contributed by atoms with E-state index in [1.54, 1.807) is 13.1 Å². The van der Waals surface area contributed by atoms with Crippen molar-refractivity contribution in [1.82, 2.24) is 15.0 Å². The second-order valence-corrected chi connectivity index (χ2v) is 5.28. The second-order valence-electron chi connectivity index (χ2n) is 4.35. The SMILES string of the molecule is CCNc1nc(C)c([N+](=O)[O-])c(NC(C)c2nccs2)n1. The van der Waals surface area contributed by atoms with E-state index in [-0.39, 0.29) is 17.5 Å². The number of hydrogen-bond donors (Lipinski definition) is 2. The summed E-state index contributed by atoms with van der Waals surface area (Å²) in [6.45, 7) is 6.02. The highest BCUT2D eigenvalue weighted by Crippen LogP contribution is 2.30. The zero-order valence-electron chi connectivity index (χ0n) is 12.0. The molecule has 21 heavy (non-hydrogen) atoms. The van der Waals surface area contributed by atoms with Crippen LogP contribution >= 0.6 is 11.3 Å². The standard InChI is InChI=1S/C12H16N6O2S/c1-4-13-12-16-7(2)9(18(19)20)10(17-12)15-8(3)11-14-5-6-21-11/h5-6,8H,4H2,1-3H3,(H2,13,15,16,17). The summed E-state index contributed by atoms with van der Waals surface area (Å²) in [6.07, 6.45) is 1.70. The molecule has 2 aromatic heterocycles. The minimum Gasteiger partial charge on any atom is -0.355 e. The van der Waals surface area contributed by atoms with E-state index < -0.39 is 4.92 Å². The Balaban J connectivity index is 2.37. The van der Waals surface area contributed by atoms with Crippen LogP contribution in [0.15, 0.2) is 11.6 Å². The maximum atomic E-state index is 11.2. The van der Waals surface area contributed by atoms with Gasteiger partial charge in [-0.1, -0.05) is 0 Å². The molecule has 0 aliphatic rings. The van der Waals surface area contributed by atoms with Crippen molar-refractivity contribution in [2.24, 2.45) is 0 Å². The van der Waals surface area contributed by atoms with Crippen LogP contribution in [0.1, 0.15) is 30.6 Å². The smallest absolute Gasteiger partial charge is 0.332 e. The Labute approximate surface area is 125 Å². The molecular formula is C12H16N6O2S. The van der Waals surface area contributed by atoms with Crippen LogP contribution in [0.25, 0.3) is 0 Å². The van der Waals surface area contributed by atoms with E-state index in [1.807, 2.05) is 19.2 Å². The van der Waals surface area contributed by atoms with Gasteiger partial charge in [-0.2, -0.15) is 4.98 Å². The van der Waals surface area contributed by atoms with Gasteiger partial charge in [0.1, 0.15) is 10.7 Å².